The topological polar surface area (TPSA) is 83.0 Å². The molecule has 5 nitrogen and oxygen atoms in total. The summed E-state index contributed by atoms with van der Waals surface area (Å²) in [5, 5.41) is 8.58. The van der Waals surface area contributed by atoms with Gasteiger partial charge in [0.05, 0.1) is 12.0 Å². The predicted octanol–water partition coefficient (Wildman–Crippen LogP) is 0.665. The Kier molecular flexibility index (Phi) is 2.53. The largest absolute Gasteiger partial charge is 0.481 e. The lowest BCUT2D eigenvalue weighted by atomic mass is 10.1. The standard InChI is InChI=1S/C10H12N2O3/c13-8(14)4-3-7-9(6-1-2-6)11-5-12-10(7)15/h5-6H,1-4H2,(H,13,14)(H,11,12,15). The molecule has 1 aliphatic rings. The van der Waals surface area contributed by atoms with Crippen LogP contribution in [-0.4, -0.2) is 21.0 Å². The van der Waals surface area contributed by atoms with Crippen LogP contribution in [0.25, 0.3) is 0 Å². The molecule has 15 heavy (non-hydrogen) atoms. The van der Waals surface area contributed by atoms with E-state index in [0.29, 0.717) is 11.5 Å². The van der Waals surface area contributed by atoms with Gasteiger partial charge in [0.2, 0.25) is 0 Å². The number of rotatable bonds is 4. The van der Waals surface area contributed by atoms with Crippen molar-refractivity contribution in [1.82, 2.24) is 9.97 Å². The van der Waals surface area contributed by atoms with Crippen LogP contribution in [0.15, 0.2) is 11.1 Å². The molecule has 1 heterocycles. The quantitative estimate of drug-likeness (QED) is 0.761. The normalized spacial score (nSPS) is 15.2. The zero-order valence-electron chi connectivity index (χ0n) is 8.19. The molecule has 1 fully saturated rings. The van der Waals surface area contributed by atoms with E-state index in [0.717, 1.165) is 18.5 Å². The van der Waals surface area contributed by atoms with Gasteiger partial charge >= 0.3 is 5.97 Å². The van der Waals surface area contributed by atoms with Crippen molar-refractivity contribution in [3.05, 3.63) is 27.9 Å². The SMILES string of the molecule is O=C(O)CCc1c(C2CC2)nc[nH]c1=O. The van der Waals surface area contributed by atoms with Crippen LogP contribution in [0.1, 0.15) is 36.4 Å². The molecule has 2 N–H and O–H groups in total. The molecule has 1 aromatic heterocycles. The van der Waals surface area contributed by atoms with Gasteiger partial charge < -0.3 is 10.1 Å². The number of aromatic nitrogens is 2. The Labute approximate surface area is 86.2 Å². The lowest BCUT2D eigenvalue weighted by Gasteiger charge is -2.03. The number of H-pyrrole nitrogens is 1. The summed E-state index contributed by atoms with van der Waals surface area (Å²) in [4.78, 5) is 28.6. The highest BCUT2D eigenvalue weighted by atomic mass is 16.4. The van der Waals surface area contributed by atoms with E-state index in [2.05, 4.69) is 9.97 Å². The first-order valence-electron chi connectivity index (χ1n) is 4.96. The molecule has 5 heteroatoms. The highest BCUT2D eigenvalue weighted by molar-refractivity contribution is 5.67. The smallest absolute Gasteiger partial charge is 0.303 e. The van der Waals surface area contributed by atoms with Gasteiger partial charge in [0, 0.05) is 17.9 Å². The van der Waals surface area contributed by atoms with Crippen LogP contribution >= 0.6 is 0 Å². The molecule has 0 bridgehead atoms. The summed E-state index contributed by atoms with van der Waals surface area (Å²) in [6.07, 6.45) is 3.74. The average Bonchev–Trinajstić information content (AvgIpc) is 2.98. The molecule has 0 amide bonds. The van der Waals surface area contributed by atoms with Gasteiger partial charge in [0.1, 0.15) is 0 Å². The third kappa shape index (κ3) is 2.23. The van der Waals surface area contributed by atoms with Crippen molar-refractivity contribution >= 4 is 5.97 Å². The van der Waals surface area contributed by atoms with Crippen LogP contribution in [0.3, 0.4) is 0 Å². The molecule has 0 saturated heterocycles. The van der Waals surface area contributed by atoms with Crippen LogP contribution in [0, 0.1) is 0 Å². The van der Waals surface area contributed by atoms with Gasteiger partial charge in [-0.05, 0) is 19.3 Å². The molecule has 1 aliphatic carbocycles. The molecule has 1 saturated carbocycles. The number of carboxylic acid groups (broad SMARTS) is 1. The first-order valence-corrected chi connectivity index (χ1v) is 4.96. The zero-order chi connectivity index (χ0) is 10.8. The first kappa shape index (κ1) is 9.89. The molecule has 0 radical (unpaired) electrons. The first-order chi connectivity index (χ1) is 7.18. The summed E-state index contributed by atoms with van der Waals surface area (Å²) in [5.74, 6) is -0.518. The Morgan fingerprint density at radius 1 is 1.60 bits per heavy atom. The highest BCUT2D eigenvalue weighted by Gasteiger charge is 2.28. The summed E-state index contributed by atoms with van der Waals surface area (Å²) >= 11 is 0. The van der Waals surface area contributed by atoms with E-state index in [1.165, 1.54) is 6.33 Å². The van der Waals surface area contributed by atoms with Crippen molar-refractivity contribution in [2.75, 3.05) is 0 Å². The lowest BCUT2D eigenvalue weighted by molar-refractivity contribution is -0.136. The third-order valence-electron chi connectivity index (χ3n) is 2.54. The second-order valence-corrected chi connectivity index (χ2v) is 3.76. The molecule has 0 spiro atoms. The number of nitrogens with zero attached hydrogens (tertiary/aromatic N) is 1. The number of hydrogen-bond donors (Lipinski definition) is 2. The molecular weight excluding hydrogens is 196 g/mol. The van der Waals surface area contributed by atoms with Crippen molar-refractivity contribution < 1.29 is 9.90 Å². The Morgan fingerprint density at radius 2 is 2.33 bits per heavy atom. The van der Waals surface area contributed by atoms with Crippen molar-refractivity contribution in [2.24, 2.45) is 0 Å². The van der Waals surface area contributed by atoms with E-state index in [1.54, 1.807) is 0 Å². The maximum atomic E-state index is 11.5. The van der Waals surface area contributed by atoms with Gasteiger partial charge in [0.25, 0.3) is 5.56 Å². The summed E-state index contributed by atoms with van der Waals surface area (Å²) in [7, 11) is 0. The third-order valence-corrected chi connectivity index (χ3v) is 2.54. The minimum Gasteiger partial charge on any atom is -0.481 e. The highest BCUT2D eigenvalue weighted by Crippen LogP contribution is 2.39. The monoisotopic (exact) mass is 208 g/mol. The minimum atomic E-state index is -0.889. The Morgan fingerprint density at radius 3 is 2.93 bits per heavy atom. The van der Waals surface area contributed by atoms with Gasteiger partial charge in [-0.15, -0.1) is 0 Å². The molecule has 0 atom stereocenters. The van der Waals surface area contributed by atoms with E-state index < -0.39 is 5.97 Å². The number of aromatic amines is 1. The van der Waals surface area contributed by atoms with Crippen LogP contribution in [0.5, 0.6) is 0 Å². The van der Waals surface area contributed by atoms with Gasteiger partial charge in [0.15, 0.2) is 0 Å². The molecule has 2 rings (SSSR count). The maximum Gasteiger partial charge on any atom is 0.303 e. The summed E-state index contributed by atoms with van der Waals surface area (Å²) in [5.41, 5.74) is 1.13. The second-order valence-electron chi connectivity index (χ2n) is 3.76. The summed E-state index contributed by atoms with van der Waals surface area (Å²) in [6, 6.07) is 0. The van der Waals surface area contributed by atoms with Crippen molar-refractivity contribution in [1.29, 1.82) is 0 Å². The van der Waals surface area contributed by atoms with E-state index in [-0.39, 0.29) is 18.4 Å². The molecule has 80 valence electrons. The van der Waals surface area contributed by atoms with Crippen molar-refractivity contribution in [3.8, 4) is 0 Å². The molecule has 1 aromatic rings. The van der Waals surface area contributed by atoms with Crippen LogP contribution in [-0.2, 0) is 11.2 Å². The minimum absolute atomic E-state index is 0.0194. The molecular formula is C10H12N2O3. The van der Waals surface area contributed by atoms with Gasteiger partial charge in [-0.3, -0.25) is 9.59 Å². The van der Waals surface area contributed by atoms with Crippen LogP contribution in [0.4, 0.5) is 0 Å². The second kappa shape index (κ2) is 3.84. The number of hydrogen-bond acceptors (Lipinski definition) is 3. The fourth-order valence-corrected chi connectivity index (χ4v) is 1.62. The zero-order valence-corrected chi connectivity index (χ0v) is 8.19. The number of nitrogens with one attached hydrogen (secondary N) is 1. The van der Waals surface area contributed by atoms with Crippen LogP contribution < -0.4 is 5.56 Å². The van der Waals surface area contributed by atoms with E-state index in [9.17, 15) is 9.59 Å². The Bertz CT molecular complexity index is 435. The van der Waals surface area contributed by atoms with Crippen molar-refractivity contribution in [3.63, 3.8) is 0 Å². The Balaban J connectivity index is 2.26. The summed E-state index contributed by atoms with van der Waals surface area (Å²) < 4.78 is 0. The van der Waals surface area contributed by atoms with Crippen LogP contribution in [0.2, 0.25) is 0 Å². The van der Waals surface area contributed by atoms with E-state index in [1.807, 2.05) is 0 Å². The average molecular weight is 208 g/mol. The number of aliphatic carboxylic acids is 1. The fraction of sp³-hybridized carbons (Fsp3) is 0.500. The lowest BCUT2D eigenvalue weighted by Crippen LogP contribution is -2.17. The van der Waals surface area contributed by atoms with E-state index >= 15 is 0 Å². The van der Waals surface area contributed by atoms with Crippen molar-refractivity contribution in [2.45, 2.75) is 31.6 Å². The predicted molar refractivity (Wildman–Crippen MR) is 52.8 cm³/mol. The molecule has 0 aromatic carbocycles. The maximum absolute atomic E-state index is 11.5. The fourth-order valence-electron chi connectivity index (χ4n) is 1.62. The summed E-state index contributed by atoms with van der Waals surface area (Å²) in [6.45, 7) is 0. The van der Waals surface area contributed by atoms with Gasteiger partial charge in [-0.1, -0.05) is 0 Å². The number of carbonyl (C=O) groups is 1. The van der Waals surface area contributed by atoms with Gasteiger partial charge in [-0.25, -0.2) is 4.98 Å². The van der Waals surface area contributed by atoms with Gasteiger partial charge in [-0.2, -0.15) is 0 Å². The Hall–Kier alpha value is -1.65. The molecule has 0 aliphatic heterocycles. The number of carboxylic acids is 1. The van der Waals surface area contributed by atoms with E-state index in [4.69, 9.17) is 5.11 Å². The molecule has 0 unspecified atom stereocenters.